The normalized spacial score (nSPS) is 11.2. The molecule has 0 amide bonds. The van der Waals surface area contributed by atoms with Crippen molar-refractivity contribution < 1.29 is 19.8 Å². The minimum atomic E-state index is -0.862. The van der Waals surface area contributed by atoms with E-state index in [1.807, 2.05) is 0 Å². The molecule has 0 aromatic carbocycles. The maximum absolute atomic E-state index is 11.2. The van der Waals surface area contributed by atoms with Crippen molar-refractivity contribution in [2.75, 3.05) is 13.1 Å². The van der Waals surface area contributed by atoms with Crippen LogP contribution in [0.3, 0.4) is 0 Å². The molecule has 0 saturated heterocycles. The first-order valence-electron chi connectivity index (χ1n) is 9.23. The average molecular weight is 375 g/mol. The first-order chi connectivity index (χ1) is 11.1. The predicted molar refractivity (Wildman–Crippen MR) is 104 cm³/mol. The van der Waals surface area contributed by atoms with Crippen LogP contribution in [-0.4, -0.2) is 94.4 Å². The van der Waals surface area contributed by atoms with E-state index in [2.05, 4.69) is 12.2 Å². The smallest absolute Gasteiger partial charge is 0.307 e. The van der Waals surface area contributed by atoms with Crippen LogP contribution in [0.5, 0.6) is 0 Å². The fraction of sp³-hybridized carbons (Fsp3) is 0.889. The van der Waals surface area contributed by atoms with Gasteiger partial charge >= 0.3 is 11.9 Å². The Morgan fingerprint density at radius 1 is 0.840 bits per heavy atom. The molecule has 1 atom stereocenters. The number of carboxylic acid groups (broad SMARTS) is 2. The van der Waals surface area contributed by atoms with Crippen LogP contribution in [0.2, 0.25) is 0 Å². The first kappa shape index (κ1) is 30.6. The Bertz CT molecular complexity index is 317. The van der Waals surface area contributed by atoms with E-state index in [0.29, 0.717) is 19.5 Å². The Kier molecular flexibility index (Phi) is 28.1. The second-order valence-electron chi connectivity index (χ2n) is 6.35. The molecule has 3 N–H and O–H groups in total. The van der Waals surface area contributed by atoms with Gasteiger partial charge in [0.15, 0.2) is 0 Å². The maximum atomic E-state index is 11.2. The average Bonchev–Trinajstić information content (AvgIpc) is 2.50. The van der Waals surface area contributed by atoms with Gasteiger partial charge < -0.3 is 15.5 Å². The summed E-state index contributed by atoms with van der Waals surface area (Å²) in [6.45, 7) is 2.92. The molecule has 0 aromatic heterocycles. The molecule has 0 saturated carbocycles. The third-order valence-corrected chi connectivity index (χ3v) is 4.16. The summed E-state index contributed by atoms with van der Waals surface area (Å²) in [5, 5.41) is 20.6. The molecule has 2 radical (unpaired) electrons. The van der Waals surface area contributed by atoms with Crippen molar-refractivity contribution >= 4 is 71.1 Å². The van der Waals surface area contributed by atoms with E-state index in [0.717, 1.165) is 12.8 Å². The van der Waals surface area contributed by atoms with Crippen molar-refractivity contribution in [3.63, 3.8) is 0 Å². The minimum absolute atomic E-state index is 0. The zero-order valence-corrected chi connectivity index (χ0v) is 20.7. The molecule has 5 nitrogen and oxygen atoms in total. The number of aliphatic carboxylic acids is 2. The number of carbonyl (C=O) groups is 2. The van der Waals surface area contributed by atoms with Crippen LogP contribution in [0.25, 0.3) is 0 Å². The summed E-state index contributed by atoms with van der Waals surface area (Å²) in [6, 6.07) is 0. The third kappa shape index (κ3) is 22.9. The molecular weight excluding hydrogens is 340 g/mol. The monoisotopic (exact) mass is 375 g/mol. The van der Waals surface area contributed by atoms with E-state index in [4.69, 9.17) is 10.2 Å². The molecule has 0 aromatic rings. The topological polar surface area (TPSA) is 86.6 Å². The summed E-state index contributed by atoms with van der Waals surface area (Å²) in [4.78, 5) is 21.6. The van der Waals surface area contributed by atoms with Crippen molar-refractivity contribution in [3.05, 3.63) is 0 Å². The van der Waals surface area contributed by atoms with Gasteiger partial charge in [0.1, 0.15) is 0 Å². The van der Waals surface area contributed by atoms with Crippen LogP contribution in [-0.2, 0) is 9.59 Å². The molecular formula is C18H35NNa2O4. The SMILES string of the molecule is CCCCCCCCCCCCC(CNCCC(=O)O)C(=O)O.[Na].[Na]. The summed E-state index contributed by atoms with van der Waals surface area (Å²) in [5.74, 6) is -2.05. The van der Waals surface area contributed by atoms with Gasteiger partial charge in [0.2, 0.25) is 0 Å². The molecule has 25 heavy (non-hydrogen) atoms. The quantitative estimate of drug-likeness (QED) is 0.268. The van der Waals surface area contributed by atoms with Crippen LogP contribution in [0.4, 0.5) is 0 Å². The number of rotatable bonds is 17. The van der Waals surface area contributed by atoms with Gasteiger partial charge in [-0.1, -0.05) is 71.1 Å². The summed E-state index contributed by atoms with van der Waals surface area (Å²) in [6.07, 6.45) is 13.1. The molecule has 138 valence electrons. The summed E-state index contributed by atoms with van der Waals surface area (Å²) < 4.78 is 0. The number of carboxylic acids is 2. The van der Waals surface area contributed by atoms with Crippen molar-refractivity contribution in [1.82, 2.24) is 5.32 Å². The molecule has 0 rings (SSSR count). The third-order valence-electron chi connectivity index (χ3n) is 4.16. The van der Waals surface area contributed by atoms with Crippen LogP contribution < -0.4 is 5.32 Å². The van der Waals surface area contributed by atoms with E-state index in [9.17, 15) is 9.59 Å². The summed E-state index contributed by atoms with van der Waals surface area (Å²) in [5.41, 5.74) is 0. The maximum Gasteiger partial charge on any atom is 0.307 e. The van der Waals surface area contributed by atoms with Crippen LogP contribution in [0.15, 0.2) is 0 Å². The summed E-state index contributed by atoms with van der Waals surface area (Å²) in [7, 11) is 0. The van der Waals surface area contributed by atoms with E-state index < -0.39 is 17.9 Å². The Morgan fingerprint density at radius 3 is 1.76 bits per heavy atom. The van der Waals surface area contributed by atoms with Gasteiger partial charge in [-0.25, -0.2) is 0 Å². The van der Waals surface area contributed by atoms with E-state index in [-0.39, 0.29) is 65.5 Å². The van der Waals surface area contributed by atoms with Crippen LogP contribution in [0.1, 0.15) is 84.0 Å². The fourth-order valence-corrected chi connectivity index (χ4v) is 2.66. The van der Waals surface area contributed by atoms with E-state index in [1.54, 1.807) is 0 Å². The molecule has 1 unspecified atom stereocenters. The standard InChI is InChI=1S/C18H35NO4.2Na/c1-2-3-4-5-6-7-8-9-10-11-12-16(18(22)23)15-19-14-13-17(20)21;;/h16,19H,2-15H2,1H3,(H,20,21)(H,22,23);;. The molecule has 0 heterocycles. The summed E-state index contributed by atoms with van der Waals surface area (Å²) >= 11 is 0. The van der Waals surface area contributed by atoms with E-state index in [1.165, 1.54) is 51.4 Å². The Morgan fingerprint density at radius 2 is 1.32 bits per heavy atom. The van der Waals surface area contributed by atoms with Crippen molar-refractivity contribution in [1.29, 1.82) is 0 Å². The molecule has 0 spiro atoms. The Hall–Kier alpha value is 0.900. The largest absolute Gasteiger partial charge is 0.481 e. The fourth-order valence-electron chi connectivity index (χ4n) is 2.66. The zero-order valence-electron chi connectivity index (χ0n) is 16.7. The zero-order chi connectivity index (χ0) is 17.3. The molecule has 7 heteroatoms. The molecule has 0 aliphatic heterocycles. The molecule has 0 bridgehead atoms. The Balaban J connectivity index is -0.00000242. The Labute approximate surface area is 197 Å². The van der Waals surface area contributed by atoms with Crippen molar-refractivity contribution in [2.24, 2.45) is 5.92 Å². The second-order valence-corrected chi connectivity index (χ2v) is 6.35. The van der Waals surface area contributed by atoms with Gasteiger partial charge in [0, 0.05) is 72.2 Å². The number of hydrogen-bond donors (Lipinski definition) is 3. The second kappa shape index (κ2) is 22.9. The van der Waals surface area contributed by atoms with Gasteiger partial charge in [-0.15, -0.1) is 0 Å². The van der Waals surface area contributed by atoms with Crippen LogP contribution in [0, 0.1) is 5.92 Å². The van der Waals surface area contributed by atoms with Gasteiger partial charge in [-0.3, -0.25) is 9.59 Å². The van der Waals surface area contributed by atoms with Crippen molar-refractivity contribution in [3.8, 4) is 0 Å². The van der Waals surface area contributed by atoms with Gasteiger partial charge in [-0.05, 0) is 6.42 Å². The molecule has 0 fully saturated rings. The van der Waals surface area contributed by atoms with Gasteiger partial charge in [-0.2, -0.15) is 0 Å². The first-order valence-corrected chi connectivity index (χ1v) is 9.23. The molecule has 0 aliphatic rings. The molecule has 0 aliphatic carbocycles. The number of hydrogen-bond acceptors (Lipinski definition) is 3. The predicted octanol–water partition coefficient (Wildman–Crippen LogP) is 3.30. The minimum Gasteiger partial charge on any atom is -0.481 e. The van der Waals surface area contributed by atoms with Gasteiger partial charge in [0.25, 0.3) is 0 Å². The van der Waals surface area contributed by atoms with Gasteiger partial charge in [0.05, 0.1) is 12.3 Å². The number of unbranched alkanes of at least 4 members (excludes halogenated alkanes) is 9. The van der Waals surface area contributed by atoms with Crippen molar-refractivity contribution in [2.45, 2.75) is 84.0 Å². The number of nitrogens with one attached hydrogen (secondary N) is 1. The van der Waals surface area contributed by atoms with E-state index >= 15 is 0 Å². The van der Waals surface area contributed by atoms with Crippen LogP contribution >= 0.6 is 0 Å².